The van der Waals surface area contributed by atoms with Gasteiger partial charge >= 0.3 is 6.09 Å². The summed E-state index contributed by atoms with van der Waals surface area (Å²) in [5.41, 5.74) is -0.505. The van der Waals surface area contributed by atoms with Crippen molar-refractivity contribution in [3.05, 3.63) is 17.5 Å². The zero-order valence-electron chi connectivity index (χ0n) is 12.9. The Morgan fingerprint density at radius 1 is 1.36 bits per heavy atom. The normalized spacial score (nSPS) is 18.1. The van der Waals surface area contributed by atoms with Crippen molar-refractivity contribution in [1.82, 2.24) is 14.9 Å². The van der Waals surface area contributed by atoms with E-state index in [9.17, 15) is 9.00 Å². The van der Waals surface area contributed by atoms with Crippen LogP contribution in [0.4, 0.5) is 4.79 Å². The van der Waals surface area contributed by atoms with Crippen LogP contribution in [-0.2, 0) is 15.5 Å². The van der Waals surface area contributed by atoms with E-state index in [1.807, 2.05) is 20.8 Å². The lowest BCUT2D eigenvalue weighted by molar-refractivity contribution is 0.0218. The van der Waals surface area contributed by atoms with E-state index in [0.29, 0.717) is 31.0 Å². The Kier molecular flexibility index (Phi) is 5.39. The molecular weight excluding hydrogens is 326 g/mol. The van der Waals surface area contributed by atoms with E-state index < -0.39 is 16.4 Å². The number of piperidine rings is 1. The molecule has 0 N–H and O–H groups in total. The van der Waals surface area contributed by atoms with Crippen LogP contribution >= 0.6 is 11.6 Å². The number of ether oxygens (including phenoxy) is 1. The fourth-order valence-electron chi connectivity index (χ4n) is 2.18. The minimum absolute atomic E-state index is 0.0374. The van der Waals surface area contributed by atoms with Crippen LogP contribution in [0.5, 0.6) is 0 Å². The summed E-state index contributed by atoms with van der Waals surface area (Å²) in [7, 11) is -1.24. The average molecular weight is 346 g/mol. The topological polar surface area (TPSA) is 72.4 Å². The molecule has 0 bridgehead atoms. The molecule has 1 aliphatic rings. The fraction of sp³-hybridized carbons (Fsp3) is 0.643. The molecular formula is C14H20ClN3O3S. The van der Waals surface area contributed by atoms with E-state index in [4.69, 9.17) is 16.3 Å². The summed E-state index contributed by atoms with van der Waals surface area (Å²) in [4.78, 5) is 21.5. The quantitative estimate of drug-likeness (QED) is 0.770. The molecule has 0 radical (unpaired) electrons. The third-order valence-electron chi connectivity index (χ3n) is 3.21. The Hall–Kier alpha value is -1.21. The second-order valence-electron chi connectivity index (χ2n) is 6.14. The summed E-state index contributed by atoms with van der Waals surface area (Å²) in [6.07, 6.45) is 2.29. The van der Waals surface area contributed by atoms with Gasteiger partial charge in [-0.2, -0.15) is 0 Å². The van der Waals surface area contributed by atoms with Crippen LogP contribution in [0.3, 0.4) is 0 Å². The molecule has 22 heavy (non-hydrogen) atoms. The second kappa shape index (κ2) is 6.91. The molecule has 1 unspecified atom stereocenters. The fourth-order valence-corrected chi connectivity index (χ4v) is 3.75. The lowest BCUT2D eigenvalue weighted by Crippen LogP contribution is -2.43. The lowest BCUT2D eigenvalue weighted by atomic mass is 10.1. The summed E-state index contributed by atoms with van der Waals surface area (Å²) in [5, 5.41) is 0.685. The monoisotopic (exact) mass is 345 g/mol. The van der Waals surface area contributed by atoms with E-state index in [2.05, 4.69) is 9.97 Å². The Morgan fingerprint density at radius 3 is 2.55 bits per heavy atom. The Labute approximate surface area is 137 Å². The van der Waals surface area contributed by atoms with Gasteiger partial charge in [-0.3, -0.25) is 4.21 Å². The molecule has 6 nitrogen and oxygen atoms in total. The van der Waals surface area contributed by atoms with Crippen LogP contribution < -0.4 is 0 Å². The van der Waals surface area contributed by atoms with Crippen LogP contribution in [0.15, 0.2) is 17.4 Å². The van der Waals surface area contributed by atoms with Crippen molar-refractivity contribution in [3.8, 4) is 0 Å². The number of carbonyl (C=O) groups excluding carboxylic acids is 1. The molecule has 122 valence electrons. The van der Waals surface area contributed by atoms with Crippen LogP contribution in [0.2, 0.25) is 5.15 Å². The highest BCUT2D eigenvalue weighted by molar-refractivity contribution is 7.85. The first-order chi connectivity index (χ1) is 10.3. The van der Waals surface area contributed by atoms with Crippen LogP contribution in [0.1, 0.15) is 33.6 Å². The third-order valence-corrected chi connectivity index (χ3v) is 5.13. The van der Waals surface area contributed by atoms with Gasteiger partial charge in [0.1, 0.15) is 22.1 Å². The van der Waals surface area contributed by atoms with Crippen molar-refractivity contribution in [2.75, 3.05) is 13.1 Å². The van der Waals surface area contributed by atoms with E-state index in [-0.39, 0.29) is 16.5 Å². The number of nitrogens with zero attached hydrogens (tertiary/aromatic N) is 3. The number of rotatable bonds is 2. The molecule has 1 saturated heterocycles. The van der Waals surface area contributed by atoms with E-state index in [1.54, 1.807) is 4.90 Å². The maximum atomic E-state index is 12.5. The summed E-state index contributed by atoms with van der Waals surface area (Å²) in [6.45, 7) is 6.58. The Bertz CT molecular complexity index is 569. The average Bonchev–Trinajstić information content (AvgIpc) is 2.45. The number of aromatic nitrogens is 2. The molecule has 1 amide bonds. The lowest BCUT2D eigenvalue weighted by Gasteiger charge is -2.32. The van der Waals surface area contributed by atoms with Gasteiger partial charge in [0.15, 0.2) is 0 Å². The summed E-state index contributed by atoms with van der Waals surface area (Å²) < 4.78 is 17.8. The van der Waals surface area contributed by atoms with Gasteiger partial charge in [0.2, 0.25) is 0 Å². The van der Waals surface area contributed by atoms with Gasteiger partial charge in [-0.15, -0.1) is 0 Å². The smallest absolute Gasteiger partial charge is 0.410 e. The van der Waals surface area contributed by atoms with Crippen molar-refractivity contribution in [3.63, 3.8) is 0 Å². The van der Waals surface area contributed by atoms with Gasteiger partial charge in [-0.05, 0) is 33.6 Å². The van der Waals surface area contributed by atoms with Gasteiger partial charge in [0, 0.05) is 24.4 Å². The number of likely N-dealkylation sites (tertiary alicyclic amines) is 1. The van der Waals surface area contributed by atoms with Gasteiger partial charge in [-0.1, -0.05) is 11.6 Å². The molecule has 8 heteroatoms. The number of carbonyl (C=O) groups is 1. The number of hydrogen-bond donors (Lipinski definition) is 0. The highest BCUT2D eigenvalue weighted by Gasteiger charge is 2.30. The van der Waals surface area contributed by atoms with Crippen molar-refractivity contribution in [2.45, 2.75) is 49.5 Å². The first kappa shape index (κ1) is 17.1. The maximum Gasteiger partial charge on any atom is 0.410 e. The predicted octanol–water partition coefficient (Wildman–Crippen LogP) is 2.64. The summed E-state index contributed by atoms with van der Waals surface area (Å²) in [5.74, 6) is 0. The highest BCUT2D eigenvalue weighted by atomic mass is 35.5. The third kappa shape index (κ3) is 4.64. The SMILES string of the molecule is CC(C)(C)OC(=O)N1CCC(S(=O)c2cc(Cl)ncn2)CC1. The van der Waals surface area contributed by atoms with Gasteiger partial charge < -0.3 is 9.64 Å². The molecule has 2 rings (SSSR count). The molecule has 1 aromatic rings. The number of amides is 1. The van der Waals surface area contributed by atoms with E-state index in [1.165, 1.54) is 12.4 Å². The molecule has 1 fully saturated rings. The first-order valence-electron chi connectivity index (χ1n) is 7.12. The minimum atomic E-state index is -1.24. The molecule has 0 aliphatic carbocycles. The van der Waals surface area contributed by atoms with Crippen molar-refractivity contribution < 1.29 is 13.7 Å². The van der Waals surface area contributed by atoms with Crippen LogP contribution in [-0.4, -0.2) is 49.1 Å². The first-order valence-corrected chi connectivity index (χ1v) is 8.71. The van der Waals surface area contributed by atoms with E-state index >= 15 is 0 Å². The zero-order chi connectivity index (χ0) is 16.3. The zero-order valence-corrected chi connectivity index (χ0v) is 14.5. The van der Waals surface area contributed by atoms with E-state index in [0.717, 1.165) is 0 Å². The minimum Gasteiger partial charge on any atom is -0.444 e. The van der Waals surface area contributed by atoms with Crippen molar-refractivity contribution in [1.29, 1.82) is 0 Å². The van der Waals surface area contributed by atoms with Crippen molar-refractivity contribution in [2.24, 2.45) is 0 Å². The van der Waals surface area contributed by atoms with Crippen molar-refractivity contribution >= 4 is 28.5 Å². The molecule has 0 spiro atoms. The van der Waals surface area contributed by atoms with Crippen LogP contribution in [0, 0.1) is 0 Å². The standard InChI is InChI=1S/C14H20ClN3O3S/c1-14(2,3)21-13(19)18-6-4-10(5-7-18)22(20)12-8-11(15)16-9-17-12/h8-10H,4-7H2,1-3H3. The molecule has 0 aromatic carbocycles. The molecule has 2 heterocycles. The Balaban J connectivity index is 1.92. The number of hydrogen-bond acceptors (Lipinski definition) is 5. The van der Waals surface area contributed by atoms with Gasteiger partial charge in [-0.25, -0.2) is 14.8 Å². The highest BCUT2D eigenvalue weighted by Crippen LogP contribution is 2.22. The largest absolute Gasteiger partial charge is 0.444 e. The van der Waals surface area contributed by atoms with Gasteiger partial charge in [0.25, 0.3) is 0 Å². The second-order valence-corrected chi connectivity index (χ2v) is 8.21. The predicted molar refractivity (Wildman–Crippen MR) is 84.3 cm³/mol. The summed E-state index contributed by atoms with van der Waals surface area (Å²) in [6, 6.07) is 1.53. The maximum absolute atomic E-state index is 12.5. The summed E-state index contributed by atoms with van der Waals surface area (Å²) >= 11 is 5.80. The van der Waals surface area contributed by atoms with Gasteiger partial charge in [0.05, 0.1) is 10.8 Å². The molecule has 1 aromatic heterocycles. The number of halogens is 1. The Morgan fingerprint density at radius 2 is 2.00 bits per heavy atom. The molecule has 0 saturated carbocycles. The molecule has 1 aliphatic heterocycles. The van der Waals surface area contributed by atoms with Crippen LogP contribution in [0.25, 0.3) is 0 Å². The molecule has 1 atom stereocenters.